The Morgan fingerprint density at radius 3 is 2.52 bits per heavy atom. The molecule has 0 bridgehead atoms. The van der Waals surface area contributed by atoms with E-state index < -0.39 is 0 Å². The third-order valence-electron chi connectivity index (χ3n) is 4.13. The lowest BCUT2D eigenvalue weighted by Crippen LogP contribution is -2.30. The molecular formula is C17H21ClFN3O. The fraction of sp³-hybridized carbons (Fsp3) is 0.471. The Morgan fingerprint density at radius 2 is 1.87 bits per heavy atom. The summed E-state index contributed by atoms with van der Waals surface area (Å²) in [6, 6.07) is 6.96. The minimum atomic E-state index is -0.361. The van der Waals surface area contributed by atoms with Gasteiger partial charge in [-0.3, -0.25) is 9.80 Å². The summed E-state index contributed by atoms with van der Waals surface area (Å²) < 4.78 is 18.4. The van der Waals surface area contributed by atoms with E-state index in [1.165, 1.54) is 6.07 Å². The van der Waals surface area contributed by atoms with E-state index in [4.69, 9.17) is 16.1 Å². The summed E-state index contributed by atoms with van der Waals surface area (Å²) in [4.78, 5) is 4.78. The summed E-state index contributed by atoms with van der Waals surface area (Å²) >= 11 is 5.86. The lowest BCUT2D eigenvalue weighted by Gasteiger charge is -2.21. The molecule has 0 N–H and O–H groups in total. The number of rotatable bonds is 4. The van der Waals surface area contributed by atoms with Crippen molar-refractivity contribution in [1.82, 2.24) is 15.0 Å². The van der Waals surface area contributed by atoms with E-state index in [0.29, 0.717) is 0 Å². The quantitative estimate of drug-likeness (QED) is 0.855. The molecule has 0 saturated carbocycles. The molecule has 0 spiro atoms. The molecule has 0 amide bonds. The lowest BCUT2D eigenvalue weighted by molar-refractivity contribution is 0.242. The van der Waals surface area contributed by atoms with Crippen LogP contribution in [0.3, 0.4) is 0 Å². The van der Waals surface area contributed by atoms with E-state index in [0.717, 1.165) is 62.7 Å². The van der Waals surface area contributed by atoms with Gasteiger partial charge in [0, 0.05) is 32.2 Å². The topological polar surface area (TPSA) is 32.5 Å². The van der Waals surface area contributed by atoms with E-state index in [9.17, 15) is 4.39 Å². The number of benzene rings is 1. The highest BCUT2D eigenvalue weighted by Gasteiger charge is 2.16. The van der Waals surface area contributed by atoms with Crippen molar-refractivity contribution in [1.29, 1.82) is 0 Å². The first-order chi connectivity index (χ1) is 11.1. The molecule has 6 heteroatoms. The van der Waals surface area contributed by atoms with Crippen molar-refractivity contribution in [3.63, 3.8) is 0 Å². The minimum Gasteiger partial charge on any atom is -0.361 e. The number of aromatic nitrogens is 1. The fourth-order valence-corrected chi connectivity index (χ4v) is 3.16. The van der Waals surface area contributed by atoms with Crippen molar-refractivity contribution in [3.05, 3.63) is 52.1 Å². The maximum atomic E-state index is 13.2. The number of halogens is 2. The van der Waals surface area contributed by atoms with Gasteiger partial charge in [0.15, 0.2) is 0 Å². The maximum absolute atomic E-state index is 13.2. The average molecular weight is 338 g/mol. The second-order valence-electron chi connectivity index (χ2n) is 6.08. The van der Waals surface area contributed by atoms with Crippen molar-refractivity contribution in [2.75, 3.05) is 26.2 Å². The van der Waals surface area contributed by atoms with Crippen molar-refractivity contribution in [2.45, 2.75) is 26.4 Å². The number of hydrogen-bond acceptors (Lipinski definition) is 4. The summed E-state index contributed by atoms with van der Waals surface area (Å²) in [6.07, 6.45) is 1.10. The van der Waals surface area contributed by atoms with Crippen LogP contribution in [0.15, 0.2) is 28.8 Å². The van der Waals surface area contributed by atoms with Gasteiger partial charge in [0.2, 0.25) is 0 Å². The van der Waals surface area contributed by atoms with Gasteiger partial charge in [-0.1, -0.05) is 22.8 Å². The van der Waals surface area contributed by atoms with Gasteiger partial charge in [-0.25, -0.2) is 4.39 Å². The maximum Gasteiger partial charge on any atom is 0.141 e. The molecule has 124 valence electrons. The van der Waals surface area contributed by atoms with Gasteiger partial charge in [-0.2, -0.15) is 0 Å². The predicted molar refractivity (Wildman–Crippen MR) is 87.8 cm³/mol. The molecule has 3 rings (SSSR count). The van der Waals surface area contributed by atoms with Crippen LogP contribution in [0.5, 0.6) is 0 Å². The highest BCUT2D eigenvalue weighted by molar-refractivity contribution is 6.30. The summed E-state index contributed by atoms with van der Waals surface area (Å²) in [5, 5.41) is 4.26. The van der Waals surface area contributed by atoms with Gasteiger partial charge >= 0.3 is 0 Å². The third kappa shape index (κ3) is 4.53. The van der Waals surface area contributed by atoms with Gasteiger partial charge < -0.3 is 4.52 Å². The second kappa shape index (κ2) is 7.43. The van der Waals surface area contributed by atoms with Crippen LogP contribution in [0.25, 0.3) is 0 Å². The zero-order chi connectivity index (χ0) is 16.2. The van der Waals surface area contributed by atoms with Crippen LogP contribution >= 0.6 is 11.6 Å². The molecule has 0 atom stereocenters. The van der Waals surface area contributed by atoms with Gasteiger partial charge in [0.25, 0.3) is 0 Å². The molecular weight excluding hydrogens is 317 g/mol. The molecule has 1 saturated heterocycles. The molecule has 4 nitrogen and oxygen atoms in total. The van der Waals surface area contributed by atoms with E-state index in [1.807, 2.05) is 19.1 Å². The number of nitrogens with zero attached hydrogens (tertiary/aromatic N) is 3. The molecule has 1 aromatic heterocycles. The molecule has 2 aromatic rings. The molecule has 0 unspecified atom stereocenters. The normalized spacial score (nSPS) is 17.3. The molecule has 1 aliphatic heterocycles. The van der Waals surface area contributed by atoms with Crippen molar-refractivity contribution in [3.8, 4) is 0 Å². The van der Waals surface area contributed by atoms with Crippen LogP contribution in [0, 0.1) is 12.7 Å². The Morgan fingerprint density at radius 1 is 1.13 bits per heavy atom. The smallest absolute Gasteiger partial charge is 0.141 e. The van der Waals surface area contributed by atoms with E-state index in [2.05, 4.69) is 15.0 Å². The molecule has 0 radical (unpaired) electrons. The van der Waals surface area contributed by atoms with Crippen LogP contribution < -0.4 is 0 Å². The monoisotopic (exact) mass is 337 g/mol. The Bertz CT molecular complexity index is 661. The molecule has 1 aromatic carbocycles. The molecule has 1 aliphatic rings. The standard InChI is InChI=1S/C17H21ClFN3O/c1-13-9-15(20-23-13)12-22-6-2-5-21(7-8-22)11-14-3-4-17(19)16(18)10-14/h3-4,9-10H,2,5-8,11-12H2,1H3. The highest BCUT2D eigenvalue weighted by atomic mass is 35.5. The van der Waals surface area contributed by atoms with E-state index in [1.54, 1.807) is 6.07 Å². The van der Waals surface area contributed by atoms with Crippen molar-refractivity contribution in [2.24, 2.45) is 0 Å². The van der Waals surface area contributed by atoms with Gasteiger partial charge in [-0.15, -0.1) is 0 Å². The number of aryl methyl sites for hydroxylation is 1. The summed E-state index contributed by atoms with van der Waals surface area (Å²) in [5.41, 5.74) is 2.04. The largest absolute Gasteiger partial charge is 0.361 e. The third-order valence-corrected chi connectivity index (χ3v) is 4.42. The van der Waals surface area contributed by atoms with Crippen molar-refractivity contribution >= 4 is 11.6 Å². The average Bonchev–Trinajstić information content (AvgIpc) is 2.80. The van der Waals surface area contributed by atoms with Crippen LogP contribution in [-0.2, 0) is 13.1 Å². The van der Waals surface area contributed by atoms with Crippen LogP contribution in [0.4, 0.5) is 4.39 Å². The molecule has 1 fully saturated rings. The van der Waals surface area contributed by atoms with Crippen LogP contribution in [0.1, 0.15) is 23.4 Å². The number of hydrogen-bond donors (Lipinski definition) is 0. The first kappa shape index (κ1) is 16.4. The van der Waals surface area contributed by atoms with E-state index in [-0.39, 0.29) is 10.8 Å². The van der Waals surface area contributed by atoms with Gasteiger partial charge in [0.1, 0.15) is 11.6 Å². The van der Waals surface area contributed by atoms with E-state index >= 15 is 0 Å². The first-order valence-corrected chi connectivity index (χ1v) is 8.29. The fourth-order valence-electron chi connectivity index (χ4n) is 2.96. The molecule has 23 heavy (non-hydrogen) atoms. The van der Waals surface area contributed by atoms with Crippen LogP contribution in [0.2, 0.25) is 5.02 Å². The predicted octanol–water partition coefficient (Wildman–Crippen LogP) is 3.48. The Balaban J connectivity index is 1.54. The Labute approximate surface area is 140 Å². The van der Waals surface area contributed by atoms with Crippen LogP contribution in [-0.4, -0.2) is 41.1 Å². The second-order valence-corrected chi connectivity index (χ2v) is 6.49. The lowest BCUT2D eigenvalue weighted by atomic mass is 10.2. The SMILES string of the molecule is Cc1cc(CN2CCCN(Cc3ccc(F)c(Cl)c3)CC2)no1. The molecule has 2 heterocycles. The zero-order valence-corrected chi connectivity index (χ0v) is 14.0. The zero-order valence-electron chi connectivity index (χ0n) is 13.3. The Kier molecular flexibility index (Phi) is 5.30. The van der Waals surface area contributed by atoms with Gasteiger partial charge in [0.05, 0.1) is 10.7 Å². The van der Waals surface area contributed by atoms with Crippen molar-refractivity contribution < 1.29 is 8.91 Å². The highest BCUT2D eigenvalue weighted by Crippen LogP contribution is 2.18. The minimum absolute atomic E-state index is 0.195. The first-order valence-electron chi connectivity index (χ1n) is 7.91. The summed E-state index contributed by atoms with van der Waals surface area (Å²) in [5.74, 6) is 0.491. The molecule has 0 aliphatic carbocycles. The summed E-state index contributed by atoms with van der Waals surface area (Å²) in [7, 11) is 0. The summed E-state index contributed by atoms with van der Waals surface area (Å²) in [6.45, 7) is 7.58. The van der Waals surface area contributed by atoms with Gasteiger partial charge in [-0.05, 0) is 44.1 Å². The Hall–Kier alpha value is -1.43.